The Morgan fingerprint density at radius 1 is 0.971 bits per heavy atom. The van der Waals surface area contributed by atoms with Crippen molar-refractivity contribution in [2.75, 3.05) is 27.4 Å². The first-order valence-electron chi connectivity index (χ1n) is 11.5. The van der Waals surface area contributed by atoms with Crippen LogP contribution in [0.15, 0.2) is 48.0 Å². The summed E-state index contributed by atoms with van der Waals surface area (Å²) in [6.45, 7) is 5.07. The third-order valence-corrected chi connectivity index (χ3v) is 5.46. The van der Waals surface area contributed by atoms with E-state index in [1.54, 1.807) is 37.4 Å². The van der Waals surface area contributed by atoms with Gasteiger partial charge in [-0.15, -0.1) is 0 Å². The van der Waals surface area contributed by atoms with Crippen LogP contribution in [-0.2, 0) is 9.53 Å². The number of rotatable bonds is 11. The van der Waals surface area contributed by atoms with Crippen LogP contribution in [0.1, 0.15) is 50.3 Å². The van der Waals surface area contributed by atoms with Crippen molar-refractivity contribution in [1.82, 2.24) is 10.6 Å². The van der Waals surface area contributed by atoms with Gasteiger partial charge in [-0.1, -0.05) is 25.8 Å². The molecule has 0 spiro atoms. The van der Waals surface area contributed by atoms with Gasteiger partial charge in [0, 0.05) is 0 Å². The average Bonchev–Trinajstić information content (AvgIpc) is 2.86. The molecule has 2 N–H and O–H groups in total. The van der Waals surface area contributed by atoms with Gasteiger partial charge >= 0.3 is 12.0 Å². The van der Waals surface area contributed by atoms with Crippen molar-refractivity contribution in [2.24, 2.45) is 0 Å². The second kappa shape index (κ2) is 12.0. The van der Waals surface area contributed by atoms with Crippen LogP contribution in [0.5, 0.6) is 17.2 Å². The number of hydrogen-bond donors (Lipinski definition) is 2. The Kier molecular flexibility index (Phi) is 8.79. The van der Waals surface area contributed by atoms with Gasteiger partial charge in [-0.2, -0.15) is 0 Å². The Bertz CT molecular complexity index is 1030. The highest BCUT2D eigenvalue weighted by Crippen LogP contribution is 2.37. The maximum atomic E-state index is 12.9. The molecule has 34 heavy (non-hydrogen) atoms. The first kappa shape index (κ1) is 25.0. The summed E-state index contributed by atoms with van der Waals surface area (Å²) in [5.41, 5.74) is 1.99. The molecule has 0 aromatic heterocycles. The summed E-state index contributed by atoms with van der Waals surface area (Å²) >= 11 is 0. The molecule has 8 heteroatoms. The second-order valence-corrected chi connectivity index (χ2v) is 7.73. The minimum absolute atomic E-state index is 0.284. The molecule has 0 bridgehead atoms. The van der Waals surface area contributed by atoms with Crippen molar-refractivity contribution in [3.63, 3.8) is 0 Å². The number of unbranched alkanes of at least 4 members (excludes halogenated alkanes) is 2. The van der Waals surface area contributed by atoms with E-state index in [9.17, 15) is 9.59 Å². The van der Waals surface area contributed by atoms with Gasteiger partial charge in [0.1, 0.15) is 5.75 Å². The van der Waals surface area contributed by atoms with Gasteiger partial charge in [0.25, 0.3) is 0 Å². The predicted octanol–water partition coefficient (Wildman–Crippen LogP) is 4.60. The van der Waals surface area contributed by atoms with Crippen LogP contribution in [0.4, 0.5) is 4.79 Å². The molecule has 2 amide bonds. The molecule has 2 aromatic carbocycles. The lowest BCUT2D eigenvalue weighted by atomic mass is 9.92. The molecule has 0 saturated carbocycles. The van der Waals surface area contributed by atoms with Crippen LogP contribution < -0.4 is 24.8 Å². The quantitative estimate of drug-likeness (QED) is 0.370. The molecule has 1 aliphatic heterocycles. The van der Waals surface area contributed by atoms with Crippen LogP contribution in [0.3, 0.4) is 0 Å². The molecule has 2 aromatic rings. The molecule has 0 saturated heterocycles. The zero-order chi connectivity index (χ0) is 24.5. The first-order chi connectivity index (χ1) is 16.5. The minimum Gasteiger partial charge on any atom is -0.497 e. The normalized spacial score (nSPS) is 15.3. The van der Waals surface area contributed by atoms with E-state index in [0.29, 0.717) is 47.3 Å². The van der Waals surface area contributed by atoms with Crippen LogP contribution >= 0.6 is 0 Å². The third kappa shape index (κ3) is 5.81. The summed E-state index contributed by atoms with van der Waals surface area (Å²) < 4.78 is 22.0. The van der Waals surface area contributed by atoms with E-state index >= 15 is 0 Å². The largest absolute Gasteiger partial charge is 0.497 e. The van der Waals surface area contributed by atoms with E-state index < -0.39 is 18.0 Å². The molecule has 8 nitrogen and oxygen atoms in total. The van der Waals surface area contributed by atoms with E-state index in [1.807, 2.05) is 19.1 Å². The number of methoxy groups -OCH3 is 2. The average molecular weight is 469 g/mol. The summed E-state index contributed by atoms with van der Waals surface area (Å²) in [7, 11) is 2.89. The van der Waals surface area contributed by atoms with Crippen molar-refractivity contribution >= 4 is 17.7 Å². The fourth-order valence-corrected chi connectivity index (χ4v) is 3.76. The second-order valence-electron chi connectivity index (χ2n) is 7.73. The maximum Gasteiger partial charge on any atom is 0.338 e. The summed E-state index contributed by atoms with van der Waals surface area (Å²) in [5, 5.41) is 5.60. The zero-order valence-electron chi connectivity index (χ0n) is 20.1. The van der Waals surface area contributed by atoms with Gasteiger partial charge in [0.15, 0.2) is 11.5 Å². The summed E-state index contributed by atoms with van der Waals surface area (Å²) in [6.07, 6.45) is 3.15. The highest BCUT2D eigenvalue weighted by Gasteiger charge is 2.34. The van der Waals surface area contributed by atoms with Crippen molar-refractivity contribution in [3.05, 3.63) is 59.2 Å². The fraction of sp³-hybridized carbons (Fsp3) is 0.385. The van der Waals surface area contributed by atoms with Crippen LogP contribution in [0.2, 0.25) is 0 Å². The van der Waals surface area contributed by atoms with Crippen molar-refractivity contribution < 1.29 is 28.5 Å². The number of carbonyl (C=O) groups is 2. The lowest BCUT2D eigenvalue weighted by Gasteiger charge is -2.29. The zero-order valence-corrected chi connectivity index (χ0v) is 20.1. The minimum atomic E-state index is -0.744. The first-order valence-corrected chi connectivity index (χ1v) is 11.5. The van der Waals surface area contributed by atoms with E-state index in [1.165, 1.54) is 7.11 Å². The highest BCUT2D eigenvalue weighted by atomic mass is 16.5. The monoisotopic (exact) mass is 468 g/mol. The number of esters is 1. The Labute approximate surface area is 200 Å². The van der Waals surface area contributed by atoms with Gasteiger partial charge in [-0.05, 0) is 60.9 Å². The Balaban J connectivity index is 2.03. The van der Waals surface area contributed by atoms with Crippen molar-refractivity contribution in [2.45, 2.75) is 39.2 Å². The lowest BCUT2D eigenvalue weighted by Crippen LogP contribution is -2.45. The van der Waals surface area contributed by atoms with Crippen LogP contribution in [-0.4, -0.2) is 39.4 Å². The topological polar surface area (TPSA) is 95.1 Å². The lowest BCUT2D eigenvalue weighted by molar-refractivity contribution is -0.136. The van der Waals surface area contributed by atoms with Crippen LogP contribution in [0, 0.1) is 0 Å². The van der Waals surface area contributed by atoms with E-state index in [4.69, 9.17) is 18.9 Å². The molecule has 1 aliphatic rings. The number of benzene rings is 2. The van der Waals surface area contributed by atoms with E-state index in [0.717, 1.165) is 19.3 Å². The van der Waals surface area contributed by atoms with Gasteiger partial charge in [0.05, 0.1) is 44.7 Å². The molecule has 1 atom stereocenters. The van der Waals surface area contributed by atoms with Crippen LogP contribution in [0.25, 0.3) is 5.70 Å². The Morgan fingerprint density at radius 2 is 1.74 bits per heavy atom. The fourth-order valence-electron chi connectivity index (χ4n) is 3.76. The molecule has 1 unspecified atom stereocenters. The van der Waals surface area contributed by atoms with E-state index in [-0.39, 0.29) is 5.57 Å². The van der Waals surface area contributed by atoms with Gasteiger partial charge in [-0.3, -0.25) is 0 Å². The molecule has 0 fully saturated rings. The highest BCUT2D eigenvalue weighted by molar-refractivity contribution is 6.04. The SMILES string of the molecule is CCCCCOc1ccc(C2NC(=O)NC(c3ccc(OC)cc3)=C2C(=O)OC)cc1OCC. The number of hydrogen-bond acceptors (Lipinski definition) is 6. The molecule has 1 heterocycles. The predicted molar refractivity (Wildman–Crippen MR) is 129 cm³/mol. The number of carbonyl (C=O) groups excluding carboxylic acids is 2. The smallest absolute Gasteiger partial charge is 0.338 e. The molecule has 3 rings (SSSR count). The summed E-state index contributed by atoms with van der Waals surface area (Å²) in [5.74, 6) is 1.29. The number of amides is 2. The third-order valence-electron chi connectivity index (χ3n) is 5.46. The number of urea groups is 1. The summed E-state index contributed by atoms with van der Waals surface area (Å²) in [6, 6.07) is 11.3. The molecule has 0 aliphatic carbocycles. The molecular weight excluding hydrogens is 436 g/mol. The molecule has 182 valence electrons. The van der Waals surface area contributed by atoms with Gasteiger partial charge in [-0.25, -0.2) is 9.59 Å². The van der Waals surface area contributed by atoms with Crippen molar-refractivity contribution in [1.29, 1.82) is 0 Å². The maximum absolute atomic E-state index is 12.9. The van der Waals surface area contributed by atoms with Gasteiger partial charge in [0.2, 0.25) is 0 Å². The number of nitrogens with one attached hydrogen (secondary N) is 2. The van der Waals surface area contributed by atoms with E-state index in [2.05, 4.69) is 17.6 Å². The molecular formula is C26H32N2O6. The Morgan fingerprint density at radius 3 is 2.38 bits per heavy atom. The standard InChI is InChI=1S/C26H32N2O6/c1-5-7-8-15-34-20-14-11-18(16-21(20)33-6-2)24-22(25(29)32-4)23(27-26(30)28-24)17-9-12-19(31-3)13-10-17/h9-14,16,24H,5-8,15H2,1-4H3,(H2,27,28,30). The molecule has 0 radical (unpaired) electrons. The van der Waals surface area contributed by atoms with Gasteiger partial charge < -0.3 is 29.6 Å². The summed E-state index contributed by atoms with van der Waals surface area (Å²) in [4.78, 5) is 25.5. The van der Waals surface area contributed by atoms with Crippen molar-refractivity contribution in [3.8, 4) is 17.2 Å². The Hall–Kier alpha value is -3.68. The number of ether oxygens (including phenoxy) is 4.